The average Bonchev–Trinajstić information content (AvgIpc) is 3.28. The second kappa shape index (κ2) is 22.2. The fourth-order valence-electron chi connectivity index (χ4n) is 7.99. The number of pyridine rings is 1. The van der Waals surface area contributed by atoms with Crippen molar-refractivity contribution in [1.82, 2.24) is 20.5 Å². The number of aromatic amines is 1. The summed E-state index contributed by atoms with van der Waals surface area (Å²) in [6.45, 7) is 11.7. The summed E-state index contributed by atoms with van der Waals surface area (Å²) in [5.74, 6) is 0.516. The lowest BCUT2D eigenvalue weighted by Crippen LogP contribution is -2.43. The number of methoxy groups -OCH3 is 1. The highest BCUT2D eigenvalue weighted by Gasteiger charge is 2.40. The Morgan fingerprint density at radius 3 is 2.37 bits per heavy atom. The number of piperidine rings is 1. The van der Waals surface area contributed by atoms with Crippen LogP contribution in [0.1, 0.15) is 55.7 Å². The quantitative estimate of drug-likeness (QED) is 0.0399. The first-order valence-electron chi connectivity index (χ1n) is 21.0. The fraction of sp³-hybridized carbons (Fsp3) is 0.383. The Morgan fingerprint density at radius 1 is 0.919 bits per heavy atom. The summed E-state index contributed by atoms with van der Waals surface area (Å²) < 4.78 is 23.9. The van der Waals surface area contributed by atoms with Crippen molar-refractivity contribution in [3.63, 3.8) is 0 Å². The van der Waals surface area contributed by atoms with Crippen LogP contribution in [-0.2, 0) is 31.5 Å². The van der Waals surface area contributed by atoms with Crippen LogP contribution < -0.4 is 26.2 Å². The van der Waals surface area contributed by atoms with Crippen LogP contribution in [0.15, 0.2) is 102 Å². The number of fused-ring (bicyclic) bond motifs is 1. The number of hydrogen-bond acceptors (Lipinski definition) is 10. The number of ether oxygens (including phenoxy) is 2. The second-order valence-electron chi connectivity index (χ2n) is 15.9. The first-order chi connectivity index (χ1) is 30.0. The van der Waals surface area contributed by atoms with Gasteiger partial charge in [-0.05, 0) is 66.9 Å². The molecule has 1 aliphatic rings. The second-order valence-corrected chi connectivity index (χ2v) is 17.2. The SMILES string of the molecule is COc1cc(CNC(=O)CCN2CCC(OC(=O)Nc3ccccc3-c3ccccc3)CC2)ccc1CNC[C@H](c1ccc(O)c2[nH]c(=O)ccc12)C(C)(C)C(O[Si]C)O[Si]C. The maximum Gasteiger partial charge on any atom is 0.411 e. The van der Waals surface area contributed by atoms with Crippen molar-refractivity contribution in [2.75, 3.05) is 38.6 Å². The van der Waals surface area contributed by atoms with Crippen molar-refractivity contribution in [2.45, 2.75) is 77.6 Å². The maximum absolute atomic E-state index is 12.9. The van der Waals surface area contributed by atoms with Crippen LogP contribution in [0.4, 0.5) is 10.5 Å². The highest BCUT2D eigenvalue weighted by molar-refractivity contribution is 6.26. The summed E-state index contributed by atoms with van der Waals surface area (Å²) in [5, 5.41) is 21.0. The lowest BCUT2D eigenvalue weighted by atomic mass is 9.73. The van der Waals surface area contributed by atoms with Crippen molar-refractivity contribution in [3.8, 4) is 22.6 Å². The molecule has 0 spiro atoms. The summed E-state index contributed by atoms with van der Waals surface area (Å²) in [4.78, 5) is 43.0. The van der Waals surface area contributed by atoms with Gasteiger partial charge in [0.1, 0.15) is 23.9 Å². The number of phenols is 1. The van der Waals surface area contributed by atoms with E-state index in [1.54, 1.807) is 19.2 Å². The number of para-hydroxylation sites is 1. The van der Waals surface area contributed by atoms with Gasteiger partial charge < -0.3 is 43.9 Å². The number of H-pyrrole nitrogens is 1. The van der Waals surface area contributed by atoms with E-state index in [-0.39, 0.29) is 48.8 Å². The molecule has 4 aromatic carbocycles. The molecular formula is C47H57N5O8Si2. The number of benzene rings is 4. The molecule has 0 unspecified atom stereocenters. The molecule has 5 N–H and O–H groups in total. The Balaban J connectivity index is 0.981. The van der Waals surface area contributed by atoms with Gasteiger partial charge in [0.05, 0.1) is 18.3 Å². The lowest BCUT2D eigenvalue weighted by Gasteiger charge is -2.41. The summed E-state index contributed by atoms with van der Waals surface area (Å²) >= 11 is 0. The highest BCUT2D eigenvalue weighted by Crippen LogP contribution is 2.43. The molecule has 326 valence electrons. The van der Waals surface area contributed by atoms with Crippen LogP contribution >= 0.6 is 0 Å². The van der Waals surface area contributed by atoms with Crippen LogP contribution in [-0.4, -0.2) is 92.2 Å². The number of nitrogens with zero attached hydrogens (tertiary/aromatic N) is 1. The van der Waals surface area contributed by atoms with Crippen LogP contribution in [0.5, 0.6) is 11.5 Å². The van der Waals surface area contributed by atoms with E-state index in [4.69, 9.17) is 18.3 Å². The molecule has 1 saturated heterocycles. The first-order valence-corrected chi connectivity index (χ1v) is 23.8. The standard InChI is InChI=1S/C47H57N5O8Si2/c1-47(2,45(59-61-4)60-62-5)38(36-17-19-40(53)44-37(36)18-20-43(55)51-44)30-48-29-33-16-15-31(27-41(33)57-3)28-49-42(54)23-26-52-24-21-34(22-25-52)58-46(56)50-39-14-10-9-13-35(39)32-11-7-6-8-12-32/h6-20,27,34,38,45,48,53H,21-26,28-30H2,1-5H3,(H,49,54)(H,50,56)(H,51,55)/t38-/m1/s1. The zero-order valence-corrected chi connectivity index (χ0v) is 38.1. The van der Waals surface area contributed by atoms with Gasteiger partial charge in [0, 0.05) is 79.6 Å². The van der Waals surface area contributed by atoms with Gasteiger partial charge in [-0.3, -0.25) is 14.9 Å². The van der Waals surface area contributed by atoms with E-state index < -0.39 is 17.8 Å². The molecule has 6 rings (SSSR count). The smallest absolute Gasteiger partial charge is 0.411 e. The molecule has 0 bridgehead atoms. The number of anilines is 1. The van der Waals surface area contributed by atoms with Crippen molar-refractivity contribution in [1.29, 1.82) is 0 Å². The van der Waals surface area contributed by atoms with Crippen molar-refractivity contribution in [2.24, 2.45) is 5.41 Å². The minimum atomic E-state index is -0.523. The number of rotatable bonds is 20. The topological polar surface area (TPSA) is 163 Å². The Bertz CT molecular complexity index is 2310. The average molecular weight is 876 g/mol. The van der Waals surface area contributed by atoms with E-state index >= 15 is 0 Å². The number of nitrogens with one attached hydrogen (secondary N) is 4. The minimum absolute atomic E-state index is 0.00807. The number of hydrogen-bond donors (Lipinski definition) is 5. The van der Waals surface area contributed by atoms with E-state index in [0.29, 0.717) is 62.4 Å². The highest BCUT2D eigenvalue weighted by atomic mass is 28.2. The number of phenolic OH excluding ortho intramolecular Hbond substituents is 1. The van der Waals surface area contributed by atoms with Crippen molar-refractivity contribution < 1.29 is 33.0 Å². The Hall–Kier alpha value is -5.30. The van der Waals surface area contributed by atoms with Gasteiger partial charge in [0.25, 0.3) is 0 Å². The summed E-state index contributed by atoms with van der Waals surface area (Å²) in [5.41, 5.74) is 5.05. The molecule has 15 heteroatoms. The number of likely N-dealkylation sites (tertiary alicyclic amines) is 1. The van der Waals surface area contributed by atoms with Crippen molar-refractivity contribution in [3.05, 3.63) is 124 Å². The number of carbonyl (C=O) groups is 2. The van der Waals surface area contributed by atoms with Crippen LogP contribution in [0, 0.1) is 5.41 Å². The number of aromatic nitrogens is 1. The van der Waals surface area contributed by atoms with Gasteiger partial charge in [0.2, 0.25) is 31.0 Å². The van der Waals surface area contributed by atoms with Gasteiger partial charge in [-0.2, -0.15) is 0 Å². The Morgan fingerprint density at radius 2 is 1.65 bits per heavy atom. The largest absolute Gasteiger partial charge is 0.506 e. The predicted molar refractivity (Wildman–Crippen MR) is 245 cm³/mol. The lowest BCUT2D eigenvalue weighted by molar-refractivity contribution is -0.121. The first kappa shape index (κ1) is 46.2. The maximum atomic E-state index is 12.9. The molecule has 1 aliphatic heterocycles. The molecule has 13 nitrogen and oxygen atoms in total. The molecule has 1 aromatic heterocycles. The van der Waals surface area contributed by atoms with Crippen molar-refractivity contribution >= 4 is 48.1 Å². The number of aromatic hydroxyl groups is 1. The Kier molecular flexibility index (Phi) is 16.5. The minimum Gasteiger partial charge on any atom is -0.506 e. The summed E-state index contributed by atoms with van der Waals surface area (Å²) in [6.07, 6.45) is 0.623. The van der Waals surface area contributed by atoms with E-state index in [0.717, 1.165) is 46.3 Å². The molecule has 5 aromatic rings. The van der Waals surface area contributed by atoms with Gasteiger partial charge in [-0.25, -0.2) is 4.79 Å². The number of amides is 2. The predicted octanol–water partition coefficient (Wildman–Crippen LogP) is 7.22. The third kappa shape index (κ3) is 12.0. The molecule has 62 heavy (non-hydrogen) atoms. The van der Waals surface area contributed by atoms with Gasteiger partial charge >= 0.3 is 6.09 Å². The van der Waals surface area contributed by atoms with Gasteiger partial charge in [0.15, 0.2) is 0 Å². The molecule has 2 heterocycles. The normalized spacial score (nSPS) is 14.2. The summed E-state index contributed by atoms with van der Waals surface area (Å²) in [7, 11) is 2.09. The van der Waals surface area contributed by atoms with E-state index in [2.05, 4.69) is 39.7 Å². The van der Waals surface area contributed by atoms with Crippen LogP contribution in [0.25, 0.3) is 22.0 Å². The molecule has 2 amide bonds. The molecule has 1 fully saturated rings. The molecule has 0 aliphatic carbocycles. The molecular weight excluding hydrogens is 819 g/mol. The van der Waals surface area contributed by atoms with Gasteiger partial charge in [-0.15, -0.1) is 0 Å². The zero-order chi connectivity index (χ0) is 44.1. The fourth-order valence-corrected chi connectivity index (χ4v) is 9.22. The molecule has 4 radical (unpaired) electrons. The third-order valence-corrected chi connectivity index (χ3v) is 12.4. The monoisotopic (exact) mass is 875 g/mol. The zero-order valence-electron chi connectivity index (χ0n) is 36.1. The summed E-state index contributed by atoms with van der Waals surface area (Å²) in [6, 6.07) is 30.3. The Labute approximate surface area is 368 Å². The molecule has 1 atom stereocenters. The van der Waals surface area contributed by atoms with E-state index in [1.807, 2.05) is 92.0 Å². The molecule has 0 saturated carbocycles. The van der Waals surface area contributed by atoms with Gasteiger partial charge in [-0.1, -0.05) is 80.6 Å². The van der Waals surface area contributed by atoms with E-state index in [1.165, 1.54) is 6.07 Å². The van der Waals surface area contributed by atoms with Crippen LogP contribution in [0.3, 0.4) is 0 Å². The van der Waals surface area contributed by atoms with Crippen LogP contribution in [0.2, 0.25) is 13.1 Å². The van der Waals surface area contributed by atoms with E-state index in [9.17, 15) is 19.5 Å². The third-order valence-electron chi connectivity index (χ3n) is 11.5. The number of carbonyl (C=O) groups excluding carboxylic acids is 2.